The molecule has 8 N–H and O–H groups in total. The third-order valence-corrected chi connectivity index (χ3v) is 5.48. The Morgan fingerprint density at radius 2 is 1.31 bits per heavy atom. The molecule has 0 aromatic heterocycles. The van der Waals surface area contributed by atoms with Gasteiger partial charge in [0.25, 0.3) is 0 Å². The molecule has 1 aliphatic carbocycles. The number of hydrogen-bond donors (Lipinski definition) is 5. The number of carbonyl (C=O) groups excluding carboxylic acids is 2. The van der Waals surface area contributed by atoms with Crippen molar-refractivity contribution >= 4 is 40.0 Å². The lowest BCUT2D eigenvalue weighted by molar-refractivity contribution is 0.0981. The lowest BCUT2D eigenvalue weighted by Gasteiger charge is -2.28. The van der Waals surface area contributed by atoms with Crippen LogP contribution >= 0.6 is 0 Å². The lowest BCUT2D eigenvalue weighted by atomic mass is 9.80. The van der Waals surface area contributed by atoms with Crippen LogP contribution in [-0.4, -0.2) is 17.2 Å². The Morgan fingerprint density at radius 3 is 1.85 bits per heavy atom. The summed E-state index contributed by atoms with van der Waals surface area (Å²) in [7, 11) is 0. The summed E-state index contributed by atoms with van der Waals surface area (Å²) in [5.41, 5.74) is 20.6. The van der Waals surface area contributed by atoms with Crippen LogP contribution in [0.2, 0.25) is 0 Å². The van der Waals surface area contributed by atoms with E-state index in [2.05, 4.69) is 10.6 Å². The second kappa shape index (κ2) is 5.14. The van der Waals surface area contributed by atoms with Crippen molar-refractivity contribution in [1.29, 1.82) is 0 Å². The van der Waals surface area contributed by atoms with E-state index in [4.69, 9.17) is 17.2 Å². The van der Waals surface area contributed by atoms with Crippen LogP contribution in [0.4, 0.5) is 28.4 Å². The maximum Gasteiger partial charge on any atom is 0.198 e. The number of nitrogens with two attached hydrogens (primary N) is 3. The monoisotopic (exact) mass is 351 g/mol. The number of fused-ring (bicyclic) bond motifs is 4. The molecule has 2 aromatic rings. The highest BCUT2D eigenvalue weighted by molar-refractivity contribution is 6.35. The fourth-order valence-electron chi connectivity index (χ4n) is 3.91. The minimum absolute atomic E-state index is 0.136. The third kappa shape index (κ3) is 1.88. The van der Waals surface area contributed by atoms with E-state index in [9.17, 15) is 9.59 Å². The Hall–Kier alpha value is -3.22. The van der Waals surface area contributed by atoms with Crippen molar-refractivity contribution in [3.63, 3.8) is 0 Å². The molecule has 0 unspecified atom stereocenters. The molecule has 134 valence electrons. The highest BCUT2D eigenvalue weighted by Crippen LogP contribution is 2.47. The molecule has 1 heterocycles. The normalized spacial score (nSPS) is 16.4. The van der Waals surface area contributed by atoms with Gasteiger partial charge in [0.15, 0.2) is 11.6 Å². The molecular formula is C19H21N5O2. The molecule has 2 aromatic carbocycles. The maximum atomic E-state index is 13.3. The van der Waals surface area contributed by atoms with Gasteiger partial charge in [0.2, 0.25) is 0 Å². The molecule has 4 rings (SSSR count). The number of rotatable bonds is 2. The fourth-order valence-corrected chi connectivity index (χ4v) is 3.91. The predicted octanol–water partition coefficient (Wildman–Crippen LogP) is 2.56. The highest BCUT2D eigenvalue weighted by Gasteiger charge is 2.42. The van der Waals surface area contributed by atoms with Crippen molar-refractivity contribution in [3.05, 3.63) is 40.5 Å². The first-order valence-corrected chi connectivity index (χ1v) is 8.63. The summed E-state index contributed by atoms with van der Waals surface area (Å²) in [5, 5.41) is 6.82. The number of nitrogen functional groups attached to an aromatic ring is 3. The molecule has 7 heteroatoms. The summed E-state index contributed by atoms with van der Waals surface area (Å²) < 4.78 is 0. The number of benzene rings is 2. The molecule has 2 aliphatic rings. The van der Waals surface area contributed by atoms with Gasteiger partial charge in [-0.3, -0.25) is 9.59 Å². The van der Waals surface area contributed by atoms with Gasteiger partial charge in [0, 0.05) is 17.1 Å². The fraction of sp³-hybridized carbons (Fsp3) is 0.263. The van der Waals surface area contributed by atoms with Crippen molar-refractivity contribution in [2.24, 2.45) is 0 Å². The molecular weight excluding hydrogens is 330 g/mol. The van der Waals surface area contributed by atoms with E-state index >= 15 is 0 Å². The van der Waals surface area contributed by atoms with Gasteiger partial charge in [-0.1, -0.05) is 13.8 Å². The molecule has 1 aliphatic heterocycles. The number of anilines is 5. The van der Waals surface area contributed by atoms with Crippen LogP contribution in [-0.2, 0) is 0 Å². The van der Waals surface area contributed by atoms with Gasteiger partial charge in [-0.2, -0.15) is 0 Å². The van der Waals surface area contributed by atoms with E-state index in [0.717, 1.165) is 18.5 Å². The molecule has 26 heavy (non-hydrogen) atoms. The lowest BCUT2D eigenvalue weighted by Crippen LogP contribution is -2.40. The zero-order valence-electron chi connectivity index (χ0n) is 14.7. The molecule has 0 fully saturated rings. The average molecular weight is 351 g/mol. The molecule has 7 nitrogen and oxygen atoms in total. The average Bonchev–Trinajstić information content (AvgIpc) is 2.99. The summed E-state index contributed by atoms with van der Waals surface area (Å²) in [6, 6.07) is 4.78. The van der Waals surface area contributed by atoms with E-state index in [1.54, 1.807) is 12.1 Å². The third-order valence-electron chi connectivity index (χ3n) is 5.48. The predicted molar refractivity (Wildman–Crippen MR) is 104 cm³/mol. The summed E-state index contributed by atoms with van der Waals surface area (Å²) in [4.78, 5) is 26.4. The zero-order valence-corrected chi connectivity index (χ0v) is 14.7. The standard InChI is InChI=1S/C19H21N5O2/c1-3-19(4-2)23-11-7-10(22)14-15(16(11)24-19)18(26)13-9(21)6-5-8(20)12(13)17(14)25/h5-7,23-24H,3-4,20-22H2,1-2H3. The van der Waals surface area contributed by atoms with E-state index in [1.165, 1.54) is 6.07 Å². The molecule has 0 saturated heterocycles. The summed E-state index contributed by atoms with van der Waals surface area (Å²) in [5.74, 6) is -0.702. The van der Waals surface area contributed by atoms with Gasteiger partial charge < -0.3 is 27.8 Å². The summed E-state index contributed by atoms with van der Waals surface area (Å²) in [6.45, 7) is 4.10. The molecule has 0 saturated carbocycles. The highest BCUT2D eigenvalue weighted by atomic mass is 16.1. The Kier molecular flexibility index (Phi) is 3.21. The quantitative estimate of drug-likeness (QED) is 0.447. The van der Waals surface area contributed by atoms with Gasteiger partial charge in [0.1, 0.15) is 5.66 Å². The summed E-state index contributed by atoms with van der Waals surface area (Å²) in [6.07, 6.45) is 1.58. The Labute approximate surface area is 150 Å². The topological polar surface area (TPSA) is 136 Å². The SMILES string of the molecule is CCC1(CC)Nc2cc(N)c3c(c2N1)C(=O)c1c(N)ccc(N)c1C3=O. The Balaban J connectivity index is 2.02. The van der Waals surface area contributed by atoms with Crippen LogP contribution in [0.15, 0.2) is 18.2 Å². The van der Waals surface area contributed by atoms with Crippen molar-refractivity contribution in [2.45, 2.75) is 32.4 Å². The van der Waals surface area contributed by atoms with Crippen molar-refractivity contribution in [1.82, 2.24) is 0 Å². The van der Waals surface area contributed by atoms with E-state index in [1.807, 2.05) is 13.8 Å². The van der Waals surface area contributed by atoms with Crippen LogP contribution < -0.4 is 27.8 Å². The van der Waals surface area contributed by atoms with Gasteiger partial charge >= 0.3 is 0 Å². The molecule has 0 spiro atoms. The van der Waals surface area contributed by atoms with Crippen LogP contribution in [0.1, 0.15) is 58.5 Å². The Bertz CT molecular complexity index is 992. The second-order valence-electron chi connectivity index (χ2n) is 6.83. The van der Waals surface area contributed by atoms with Crippen molar-refractivity contribution < 1.29 is 9.59 Å². The number of ketones is 2. The zero-order chi connectivity index (χ0) is 18.8. The minimum atomic E-state index is -0.380. The van der Waals surface area contributed by atoms with Gasteiger partial charge in [-0.25, -0.2) is 0 Å². The Morgan fingerprint density at radius 1 is 0.808 bits per heavy atom. The first-order valence-electron chi connectivity index (χ1n) is 8.63. The van der Waals surface area contributed by atoms with E-state index in [0.29, 0.717) is 5.69 Å². The van der Waals surface area contributed by atoms with Gasteiger partial charge in [-0.15, -0.1) is 0 Å². The van der Waals surface area contributed by atoms with Gasteiger partial charge in [0.05, 0.1) is 33.6 Å². The van der Waals surface area contributed by atoms with Gasteiger partial charge in [-0.05, 0) is 31.0 Å². The van der Waals surface area contributed by atoms with E-state index < -0.39 is 0 Å². The number of hydrogen-bond acceptors (Lipinski definition) is 7. The summed E-state index contributed by atoms with van der Waals surface area (Å²) >= 11 is 0. The first kappa shape index (κ1) is 16.3. The largest absolute Gasteiger partial charge is 0.398 e. The second-order valence-corrected chi connectivity index (χ2v) is 6.83. The minimum Gasteiger partial charge on any atom is -0.398 e. The molecule has 0 amide bonds. The van der Waals surface area contributed by atoms with Crippen LogP contribution in [0.3, 0.4) is 0 Å². The molecule has 0 radical (unpaired) electrons. The first-order chi connectivity index (χ1) is 12.3. The van der Waals surface area contributed by atoms with Crippen LogP contribution in [0.5, 0.6) is 0 Å². The van der Waals surface area contributed by atoms with Crippen molar-refractivity contribution in [2.75, 3.05) is 27.8 Å². The van der Waals surface area contributed by atoms with Crippen LogP contribution in [0.25, 0.3) is 0 Å². The van der Waals surface area contributed by atoms with E-state index in [-0.39, 0.29) is 56.5 Å². The van der Waals surface area contributed by atoms with Crippen molar-refractivity contribution in [3.8, 4) is 0 Å². The smallest absolute Gasteiger partial charge is 0.198 e. The molecule has 0 bridgehead atoms. The number of carbonyl (C=O) groups is 2. The van der Waals surface area contributed by atoms with Crippen LogP contribution in [0, 0.1) is 0 Å². The molecule has 0 atom stereocenters. The number of nitrogens with one attached hydrogen (secondary N) is 2. The maximum absolute atomic E-state index is 13.3.